The predicted molar refractivity (Wildman–Crippen MR) is 205 cm³/mol. The zero-order valence-electron chi connectivity index (χ0n) is 32.5. The number of primary amides is 2. The standard InChI is InChI=1S/C39H60N8O8/c1-5-22(4)32(38(54)45-31(21(2)3)34(41)50)46-37(53)29-16-11-17-47(29)39(55)33(49)26(18-23-12-7-6-8-13-23)43-36(52)28(20-30(40)48)44-35(51)27-19-24-14-9-10-15-25(24)42-27/h9-10,14-15,21-23,26-29,31-33,42,49H,5-8,11-13,16-20H2,1-4H3,(H2,40,48)(H2,41,50)(H,43,52)(H,44,51)(H,45,54)(H,46,53)/t22-,26+,27+,28+,29+,31+,32+,33+/m1/s1. The van der Waals surface area contributed by atoms with Gasteiger partial charge in [-0.05, 0) is 48.6 Å². The Kier molecular flexibility index (Phi) is 15.4. The monoisotopic (exact) mass is 768 g/mol. The van der Waals surface area contributed by atoms with Crippen molar-refractivity contribution in [2.45, 2.75) is 141 Å². The Balaban J connectivity index is 1.49. The van der Waals surface area contributed by atoms with E-state index in [1.165, 1.54) is 4.90 Å². The fourth-order valence-corrected chi connectivity index (χ4v) is 7.88. The fourth-order valence-electron chi connectivity index (χ4n) is 7.88. The Labute approximate surface area is 323 Å². The van der Waals surface area contributed by atoms with Crippen LogP contribution in [0.1, 0.15) is 97.5 Å². The summed E-state index contributed by atoms with van der Waals surface area (Å²) in [5.74, 6) is -5.25. The summed E-state index contributed by atoms with van der Waals surface area (Å²) in [6.45, 7) is 7.29. The summed E-state index contributed by atoms with van der Waals surface area (Å²) in [5.41, 5.74) is 12.7. The quantitative estimate of drug-likeness (QED) is 0.102. The number of aliphatic hydroxyl groups is 1. The zero-order chi connectivity index (χ0) is 40.4. The first-order chi connectivity index (χ1) is 26.1. The van der Waals surface area contributed by atoms with Gasteiger partial charge in [0.2, 0.25) is 35.4 Å². The molecule has 1 saturated heterocycles. The molecule has 3 aliphatic rings. The van der Waals surface area contributed by atoms with Gasteiger partial charge in [-0.3, -0.25) is 33.6 Å². The lowest BCUT2D eigenvalue weighted by Gasteiger charge is -2.34. The van der Waals surface area contributed by atoms with Crippen LogP contribution in [0.3, 0.4) is 0 Å². The second-order valence-electron chi connectivity index (χ2n) is 15.8. The summed E-state index contributed by atoms with van der Waals surface area (Å²) in [6, 6.07) is 1.30. The van der Waals surface area contributed by atoms with Crippen molar-refractivity contribution in [1.29, 1.82) is 0 Å². The number of hydrogen-bond acceptors (Lipinski definition) is 9. The number of rotatable bonds is 18. The highest BCUT2D eigenvalue weighted by molar-refractivity contribution is 5.97. The maximum absolute atomic E-state index is 14.1. The summed E-state index contributed by atoms with van der Waals surface area (Å²) in [6.07, 6.45) is 4.29. The van der Waals surface area contributed by atoms with Crippen molar-refractivity contribution < 1.29 is 38.7 Å². The Bertz CT molecular complexity index is 1540. The van der Waals surface area contributed by atoms with Gasteiger partial charge in [0.05, 0.1) is 12.5 Å². The number of likely N-dealkylation sites (tertiary alicyclic amines) is 1. The van der Waals surface area contributed by atoms with E-state index in [-0.39, 0.29) is 37.1 Å². The predicted octanol–water partition coefficient (Wildman–Crippen LogP) is 0.348. The number of carbonyl (C=O) groups excluding carboxylic acids is 7. The number of nitrogens with two attached hydrogens (primary N) is 2. The molecule has 16 nitrogen and oxygen atoms in total. The van der Waals surface area contributed by atoms with Crippen LogP contribution in [0.15, 0.2) is 24.3 Å². The minimum atomic E-state index is -1.76. The number of benzene rings is 1. The van der Waals surface area contributed by atoms with Crippen LogP contribution < -0.4 is 38.1 Å². The first kappa shape index (κ1) is 43.0. The maximum Gasteiger partial charge on any atom is 0.254 e. The minimum Gasteiger partial charge on any atom is -0.381 e. The average molecular weight is 769 g/mol. The molecule has 4 rings (SSSR count). The van der Waals surface area contributed by atoms with E-state index < -0.39 is 90.1 Å². The highest BCUT2D eigenvalue weighted by Crippen LogP contribution is 2.30. The first-order valence-corrected chi connectivity index (χ1v) is 19.7. The SMILES string of the molecule is CC[C@@H](C)[C@H](NC(=O)[C@@H]1CCCN1C(=O)[C@@H](O)[C@H](CC1CCCCC1)NC(=O)[C@H](CC(N)=O)NC(=O)[C@@H]1Cc2ccccc2N1)C(=O)N[C@H](C(N)=O)C(C)C. The summed E-state index contributed by atoms with van der Waals surface area (Å²) >= 11 is 0. The summed E-state index contributed by atoms with van der Waals surface area (Å²) in [5, 5.41) is 25.7. The smallest absolute Gasteiger partial charge is 0.254 e. The van der Waals surface area contributed by atoms with Gasteiger partial charge in [-0.1, -0.05) is 84.4 Å². The average Bonchev–Trinajstić information content (AvgIpc) is 3.83. The molecule has 0 spiro atoms. The van der Waals surface area contributed by atoms with Gasteiger partial charge >= 0.3 is 0 Å². The molecular weight excluding hydrogens is 708 g/mol. The van der Waals surface area contributed by atoms with Gasteiger partial charge in [0.15, 0.2) is 6.10 Å². The molecule has 0 aromatic heterocycles. The van der Waals surface area contributed by atoms with Crippen molar-refractivity contribution in [1.82, 2.24) is 26.2 Å². The van der Waals surface area contributed by atoms with Crippen molar-refractivity contribution in [3.8, 4) is 0 Å². The third kappa shape index (κ3) is 11.4. The molecular formula is C39H60N8O8. The van der Waals surface area contributed by atoms with Gasteiger partial charge in [0.25, 0.3) is 5.91 Å². The third-order valence-electron chi connectivity index (χ3n) is 11.3. The van der Waals surface area contributed by atoms with Crippen LogP contribution in [0.5, 0.6) is 0 Å². The van der Waals surface area contributed by atoms with E-state index in [9.17, 15) is 38.7 Å². The second-order valence-corrected chi connectivity index (χ2v) is 15.8. The van der Waals surface area contributed by atoms with Crippen molar-refractivity contribution in [3.63, 3.8) is 0 Å². The highest BCUT2D eigenvalue weighted by atomic mass is 16.3. The van der Waals surface area contributed by atoms with Crippen molar-refractivity contribution in [2.24, 2.45) is 29.2 Å². The van der Waals surface area contributed by atoms with E-state index in [4.69, 9.17) is 11.5 Å². The highest BCUT2D eigenvalue weighted by Gasteiger charge is 2.42. The second kappa shape index (κ2) is 19.7. The van der Waals surface area contributed by atoms with Gasteiger partial charge in [-0.15, -0.1) is 0 Å². The molecule has 55 heavy (non-hydrogen) atoms. The molecule has 2 heterocycles. The number of nitrogens with zero attached hydrogens (tertiary/aromatic N) is 1. The van der Waals surface area contributed by atoms with Gasteiger partial charge in [0, 0.05) is 18.7 Å². The minimum absolute atomic E-state index is 0.0921. The van der Waals surface area contributed by atoms with Gasteiger partial charge in [-0.25, -0.2) is 0 Å². The zero-order valence-corrected chi connectivity index (χ0v) is 32.5. The van der Waals surface area contributed by atoms with E-state index in [1.54, 1.807) is 20.8 Å². The maximum atomic E-state index is 14.1. The molecule has 8 atom stereocenters. The topological polar surface area (TPSA) is 255 Å². The molecule has 1 aliphatic carbocycles. The van der Waals surface area contributed by atoms with E-state index in [0.29, 0.717) is 19.3 Å². The molecule has 16 heteroatoms. The number of fused-ring (bicyclic) bond motifs is 1. The molecule has 2 fully saturated rings. The number of nitrogens with one attached hydrogen (secondary N) is 5. The van der Waals surface area contributed by atoms with Gasteiger partial charge in [-0.2, -0.15) is 0 Å². The van der Waals surface area contributed by atoms with E-state index in [1.807, 2.05) is 31.2 Å². The van der Waals surface area contributed by atoms with Crippen LogP contribution >= 0.6 is 0 Å². The Hall–Kier alpha value is -4.73. The van der Waals surface area contributed by atoms with Gasteiger partial charge < -0.3 is 48.1 Å². The number of amides is 7. The summed E-state index contributed by atoms with van der Waals surface area (Å²) in [7, 11) is 0. The lowest BCUT2D eigenvalue weighted by Crippen LogP contribution is -2.60. The van der Waals surface area contributed by atoms with Crippen LogP contribution in [0.2, 0.25) is 0 Å². The fraction of sp³-hybridized carbons (Fsp3) is 0.667. The number of aliphatic hydroxyl groups excluding tert-OH is 1. The van der Waals surface area contributed by atoms with Crippen molar-refractivity contribution in [3.05, 3.63) is 29.8 Å². The Morgan fingerprint density at radius 3 is 2.16 bits per heavy atom. The molecule has 0 unspecified atom stereocenters. The third-order valence-corrected chi connectivity index (χ3v) is 11.3. The van der Waals surface area contributed by atoms with Crippen molar-refractivity contribution in [2.75, 3.05) is 11.9 Å². The number of para-hydroxylation sites is 1. The lowest BCUT2D eigenvalue weighted by molar-refractivity contribution is -0.148. The summed E-state index contributed by atoms with van der Waals surface area (Å²) < 4.78 is 0. The largest absolute Gasteiger partial charge is 0.381 e. The molecule has 0 bridgehead atoms. The van der Waals surface area contributed by atoms with Crippen LogP contribution in [0, 0.1) is 17.8 Å². The number of carbonyl (C=O) groups is 7. The van der Waals surface area contributed by atoms with Crippen LogP contribution in [0.25, 0.3) is 0 Å². The Morgan fingerprint density at radius 2 is 1.55 bits per heavy atom. The molecule has 304 valence electrons. The molecule has 7 amide bonds. The molecule has 1 aromatic rings. The van der Waals surface area contributed by atoms with E-state index >= 15 is 0 Å². The molecule has 0 radical (unpaired) electrons. The van der Waals surface area contributed by atoms with E-state index in [2.05, 4.69) is 26.6 Å². The molecule has 10 N–H and O–H groups in total. The van der Waals surface area contributed by atoms with Crippen molar-refractivity contribution >= 4 is 47.0 Å². The van der Waals surface area contributed by atoms with Crippen LogP contribution in [-0.4, -0.2) is 100 Å². The number of hydrogen-bond donors (Lipinski definition) is 8. The normalized spacial score (nSPS) is 21.5. The molecule has 2 aliphatic heterocycles. The van der Waals surface area contributed by atoms with Gasteiger partial charge in [0.1, 0.15) is 30.2 Å². The Morgan fingerprint density at radius 1 is 0.855 bits per heavy atom. The number of anilines is 1. The summed E-state index contributed by atoms with van der Waals surface area (Å²) in [4.78, 5) is 93.8. The first-order valence-electron chi connectivity index (χ1n) is 19.7. The lowest BCUT2D eigenvalue weighted by atomic mass is 9.83. The van der Waals surface area contributed by atoms with Crippen LogP contribution in [-0.2, 0) is 40.0 Å². The molecule has 1 saturated carbocycles. The van der Waals surface area contributed by atoms with E-state index in [0.717, 1.165) is 43.4 Å². The van der Waals surface area contributed by atoms with Crippen LogP contribution in [0.4, 0.5) is 5.69 Å². The molecule has 1 aromatic carbocycles.